The van der Waals surface area contributed by atoms with E-state index in [9.17, 15) is 13.2 Å². The van der Waals surface area contributed by atoms with E-state index in [1.165, 1.54) is 6.07 Å². The monoisotopic (exact) mass is 335 g/mol. The van der Waals surface area contributed by atoms with Crippen LogP contribution in [0.1, 0.15) is 30.5 Å². The van der Waals surface area contributed by atoms with Crippen LogP contribution >= 0.6 is 15.9 Å². The Balaban J connectivity index is 2.43. The van der Waals surface area contributed by atoms with E-state index in [0.29, 0.717) is 11.1 Å². The smallest absolute Gasteiger partial charge is 0.266 e. The molecule has 0 aromatic heterocycles. The number of hydrogen-bond acceptors (Lipinski definition) is 3. The number of hydrogen-bond donors (Lipinski definition) is 0. The van der Waals surface area contributed by atoms with Crippen LogP contribution in [0.3, 0.4) is 0 Å². The van der Waals surface area contributed by atoms with E-state index in [1.807, 2.05) is 0 Å². The van der Waals surface area contributed by atoms with Crippen LogP contribution in [0.2, 0.25) is 0 Å². The predicted molar refractivity (Wildman–Crippen MR) is 70.4 cm³/mol. The zero-order chi connectivity index (χ0) is 14.2. The lowest BCUT2D eigenvalue weighted by atomic mass is 10.0. The normalized spacial score (nSPS) is 17.5. The molecule has 0 bridgehead atoms. The SMILES string of the molecule is C[C@H](c1c(Br)ccc(C(F)F)c1F)N1C=NCN1C. The van der Waals surface area contributed by atoms with Gasteiger partial charge in [-0.1, -0.05) is 15.9 Å². The molecule has 1 aromatic carbocycles. The zero-order valence-corrected chi connectivity index (χ0v) is 12.0. The summed E-state index contributed by atoms with van der Waals surface area (Å²) in [4.78, 5) is 4.05. The minimum atomic E-state index is -2.83. The average molecular weight is 336 g/mol. The van der Waals surface area contributed by atoms with Gasteiger partial charge in [0.2, 0.25) is 0 Å². The molecule has 0 saturated carbocycles. The molecule has 104 valence electrons. The van der Waals surface area contributed by atoms with Crippen LogP contribution in [0, 0.1) is 5.82 Å². The molecule has 1 heterocycles. The van der Waals surface area contributed by atoms with Crippen molar-refractivity contribution in [3.05, 3.63) is 33.5 Å². The van der Waals surface area contributed by atoms with Crippen LogP contribution in [0.4, 0.5) is 13.2 Å². The summed E-state index contributed by atoms with van der Waals surface area (Å²) in [6.07, 6.45) is -1.25. The van der Waals surface area contributed by atoms with E-state index >= 15 is 0 Å². The average Bonchev–Trinajstić information content (AvgIpc) is 2.74. The molecular formula is C12H13BrF3N3. The van der Waals surface area contributed by atoms with Crippen molar-refractivity contribution in [2.24, 2.45) is 4.99 Å². The van der Waals surface area contributed by atoms with Gasteiger partial charge in [0.25, 0.3) is 6.43 Å². The number of halogens is 4. The van der Waals surface area contributed by atoms with Crippen molar-refractivity contribution in [3.8, 4) is 0 Å². The Morgan fingerprint density at radius 1 is 1.37 bits per heavy atom. The van der Waals surface area contributed by atoms with Gasteiger partial charge in [-0.3, -0.25) is 10.0 Å². The highest BCUT2D eigenvalue weighted by Crippen LogP contribution is 2.35. The van der Waals surface area contributed by atoms with Gasteiger partial charge in [0.05, 0.1) is 11.6 Å². The standard InChI is InChI=1S/C12H13BrF3N3/c1-7(19-6-17-5-18(19)2)10-9(13)4-3-8(11(10)14)12(15)16/h3-4,6-7,12H,5H2,1-2H3/t7-/m1/s1. The molecule has 0 radical (unpaired) electrons. The number of hydrazine groups is 1. The maximum Gasteiger partial charge on any atom is 0.266 e. The van der Waals surface area contributed by atoms with Gasteiger partial charge in [-0.25, -0.2) is 18.2 Å². The Morgan fingerprint density at radius 3 is 2.58 bits per heavy atom. The van der Waals surface area contributed by atoms with E-state index in [1.54, 1.807) is 30.3 Å². The molecule has 0 amide bonds. The van der Waals surface area contributed by atoms with Crippen LogP contribution in [0.25, 0.3) is 0 Å². The van der Waals surface area contributed by atoms with Crippen molar-refractivity contribution in [2.45, 2.75) is 19.4 Å². The topological polar surface area (TPSA) is 18.8 Å². The lowest BCUT2D eigenvalue weighted by Gasteiger charge is -2.31. The highest BCUT2D eigenvalue weighted by molar-refractivity contribution is 9.10. The first-order chi connectivity index (χ1) is 8.93. The molecule has 1 aliphatic heterocycles. The summed E-state index contributed by atoms with van der Waals surface area (Å²) in [5.74, 6) is -0.870. The van der Waals surface area contributed by atoms with Crippen molar-refractivity contribution in [3.63, 3.8) is 0 Å². The van der Waals surface area contributed by atoms with Crippen molar-refractivity contribution in [2.75, 3.05) is 13.7 Å². The minimum Gasteiger partial charge on any atom is -0.287 e. The molecule has 3 nitrogen and oxygen atoms in total. The van der Waals surface area contributed by atoms with E-state index in [-0.39, 0.29) is 5.56 Å². The van der Waals surface area contributed by atoms with E-state index in [0.717, 1.165) is 6.07 Å². The molecule has 0 spiro atoms. The highest BCUT2D eigenvalue weighted by Gasteiger charge is 2.27. The Kier molecular flexibility index (Phi) is 4.15. The summed E-state index contributed by atoms with van der Waals surface area (Å²) < 4.78 is 40.2. The number of alkyl halides is 2. The molecule has 19 heavy (non-hydrogen) atoms. The van der Waals surface area contributed by atoms with Gasteiger partial charge in [-0.2, -0.15) is 0 Å². The zero-order valence-electron chi connectivity index (χ0n) is 10.4. The Bertz CT molecular complexity index is 507. The number of nitrogens with zero attached hydrogens (tertiary/aromatic N) is 3. The van der Waals surface area contributed by atoms with Gasteiger partial charge in [-0.15, -0.1) is 0 Å². The highest BCUT2D eigenvalue weighted by atomic mass is 79.9. The molecule has 0 unspecified atom stereocenters. The summed E-state index contributed by atoms with van der Waals surface area (Å²) in [7, 11) is 1.80. The fourth-order valence-corrected chi connectivity index (χ4v) is 2.70. The maximum atomic E-state index is 14.2. The van der Waals surface area contributed by atoms with Gasteiger partial charge in [0.1, 0.15) is 18.8 Å². The second kappa shape index (κ2) is 5.50. The number of rotatable bonds is 3. The third-order valence-corrected chi connectivity index (χ3v) is 3.78. The summed E-state index contributed by atoms with van der Waals surface area (Å²) in [5.41, 5.74) is -0.373. The van der Waals surface area contributed by atoms with Crippen molar-refractivity contribution < 1.29 is 13.2 Å². The second-order valence-electron chi connectivity index (χ2n) is 4.32. The maximum absolute atomic E-state index is 14.2. The van der Waals surface area contributed by atoms with Gasteiger partial charge < -0.3 is 0 Å². The van der Waals surface area contributed by atoms with Crippen molar-refractivity contribution in [1.29, 1.82) is 0 Å². The van der Waals surface area contributed by atoms with Gasteiger partial charge in [-0.05, 0) is 19.1 Å². The van der Waals surface area contributed by atoms with Gasteiger partial charge >= 0.3 is 0 Å². The third kappa shape index (κ3) is 2.62. The summed E-state index contributed by atoms with van der Waals surface area (Å²) in [6.45, 7) is 2.21. The van der Waals surface area contributed by atoms with Crippen LogP contribution in [-0.2, 0) is 0 Å². The molecule has 0 N–H and O–H groups in total. The second-order valence-corrected chi connectivity index (χ2v) is 5.17. The van der Waals surface area contributed by atoms with Crippen LogP contribution in [0.5, 0.6) is 0 Å². The summed E-state index contributed by atoms with van der Waals surface area (Å²) in [5, 5.41) is 3.49. The first kappa shape index (κ1) is 14.3. The Morgan fingerprint density at radius 2 is 2.05 bits per heavy atom. The summed E-state index contributed by atoms with van der Waals surface area (Å²) in [6, 6.07) is 2.12. The summed E-state index contributed by atoms with van der Waals surface area (Å²) >= 11 is 3.22. The number of aliphatic imine (C=N–C) groups is 1. The molecule has 7 heteroatoms. The van der Waals surface area contributed by atoms with Gasteiger partial charge in [0, 0.05) is 17.1 Å². The predicted octanol–water partition coefficient (Wildman–Crippen LogP) is 3.74. The first-order valence-corrected chi connectivity index (χ1v) is 6.48. The quantitative estimate of drug-likeness (QED) is 0.838. The molecule has 1 atom stereocenters. The molecule has 1 aromatic rings. The first-order valence-electron chi connectivity index (χ1n) is 5.68. The fraction of sp³-hybridized carbons (Fsp3) is 0.417. The Hall–Kier alpha value is -1.08. The molecule has 1 aliphatic rings. The van der Waals surface area contributed by atoms with Crippen LogP contribution < -0.4 is 0 Å². The largest absolute Gasteiger partial charge is 0.287 e. The Labute approximate surface area is 117 Å². The fourth-order valence-electron chi connectivity index (χ4n) is 2.07. The molecular weight excluding hydrogens is 323 g/mol. The van der Waals surface area contributed by atoms with E-state index in [2.05, 4.69) is 20.9 Å². The van der Waals surface area contributed by atoms with E-state index in [4.69, 9.17) is 0 Å². The lowest BCUT2D eigenvalue weighted by Crippen LogP contribution is -2.36. The number of benzene rings is 1. The lowest BCUT2D eigenvalue weighted by molar-refractivity contribution is 0.0672. The molecule has 0 fully saturated rings. The third-order valence-electron chi connectivity index (χ3n) is 3.09. The molecule has 2 rings (SSSR count). The van der Waals surface area contributed by atoms with E-state index < -0.39 is 23.8 Å². The molecule has 0 saturated heterocycles. The van der Waals surface area contributed by atoms with Crippen molar-refractivity contribution >= 4 is 22.3 Å². The molecule has 0 aliphatic carbocycles. The van der Waals surface area contributed by atoms with Crippen LogP contribution in [-0.4, -0.2) is 30.1 Å². The van der Waals surface area contributed by atoms with Crippen LogP contribution in [0.15, 0.2) is 21.6 Å². The van der Waals surface area contributed by atoms with Gasteiger partial charge in [0.15, 0.2) is 0 Å². The minimum absolute atomic E-state index is 0.206. The van der Waals surface area contributed by atoms with Crippen molar-refractivity contribution in [1.82, 2.24) is 10.0 Å².